The van der Waals surface area contributed by atoms with Gasteiger partial charge < -0.3 is 4.74 Å². The summed E-state index contributed by atoms with van der Waals surface area (Å²) in [6.07, 6.45) is 1.55. The summed E-state index contributed by atoms with van der Waals surface area (Å²) in [6.45, 7) is 5.47. The van der Waals surface area contributed by atoms with Crippen LogP contribution in [0.1, 0.15) is 33.6 Å². The Kier molecular flexibility index (Phi) is 1.76. The first kappa shape index (κ1) is 10.1. The number of ether oxygens (including phenoxy) is 1. The van der Waals surface area contributed by atoms with E-state index in [1.807, 2.05) is 20.8 Å². The number of rotatable bonds is 0. The Labute approximate surface area is 94.9 Å². The molecule has 4 atom stereocenters. The van der Waals surface area contributed by atoms with E-state index in [0.29, 0.717) is 11.8 Å². The van der Waals surface area contributed by atoms with Gasteiger partial charge in [0, 0.05) is 12.0 Å². The first-order chi connectivity index (χ1) is 7.38. The van der Waals surface area contributed by atoms with E-state index in [2.05, 4.69) is 0 Å². The molecule has 2 saturated carbocycles. The monoisotopic (exact) mass is 223 g/mol. The largest absolute Gasteiger partial charge is 0.443 e. The molecule has 1 aliphatic heterocycles. The average Bonchev–Trinajstić information content (AvgIpc) is 2.74. The zero-order valence-corrected chi connectivity index (χ0v) is 9.90. The highest BCUT2D eigenvalue weighted by Crippen LogP contribution is 2.61. The summed E-state index contributed by atoms with van der Waals surface area (Å²) in [5, 5.41) is 0. The van der Waals surface area contributed by atoms with Gasteiger partial charge in [0.2, 0.25) is 5.91 Å². The highest BCUT2D eigenvalue weighted by Gasteiger charge is 2.66. The number of hydrogen-bond acceptors (Lipinski definition) is 3. The van der Waals surface area contributed by atoms with Crippen molar-refractivity contribution in [1.82, 2.24) is 4.90 Å². The van der Waals surface area contributed by atoms with E-state index in [1.54, 1.807) is 0 Å². The van der Waals surface area contributed by atoms with Gasteiger partial charge in [0.05, 0.1) is 0 Å². The summed E-state index contributed by atoms with van der Waals surface area (Å²) in [7, 11) is 0. The molecule has 3 fully saturated rings. The maximum atomic E-state index is 12.0. The molecular formula is C12H17NO3. The number of hydrogen-bond donors (Lipinski definition) is 0. The molecule has 2 aliphatic carbocycles. The molecule has 1 heterocycles. The molecule has 1 saturated heterocycles. The first-order valence-electron chi connectivity index (χ1n) is 5.94. The molecule has 4 unspecified atom stereocenters. The summed E-state index contributed by atoms with van der Waals surface area (Å²) in [5.74, 6) is 1.27. The molecule has 3 rings (SSSR count). The molecule has 4 nitrogen and oxygen atoms in total. The topological polar surface area (TPSA) is 46.6 Å². The minimum absolute atomic E-state index is 0.00185. The van der Waals surface area contributed by atoms with Crippen molar-refractivity contribution in [1.29, 1.82) is 0 Å². The second-order valence-corrected chi connectivity index (χ2v) is 6.16. The number of amides is 2. The number of piperidine rings is 1. The van der Waals surface area contributed by atoms with Gasteiger partial charge in [-0.2, -0.15) is 0 Å². The number of fused-ring (bicyclic) bond motifs is 5. The van der Waals surface area contributed by atoms with Gasteiger partial charge in [-0.3, -0.25) is 4.79 Å². The second kappa shape index (κ2) is 2.79. The molecule has 0 radical (unpaired) electrons. The fraction of sp³-hybridized carbons (Fsp3) is 0.833. The third kappa shape index (κ3) is 1.28. The molecule has 0 aromatic rings. The predicted octanol–water partition coefficient (Wildman–Crippen LogP) is 1.79. The van der Waals surface area contributed by atoms with Crippen LogP contribution in [-0.2, 0) is 9.53 Å². The fourth-order valence-electron chi connectivity index (χ4n) is 3.21. The van der Waals surface area contributed by atoms with Crippen LogP contribution in [-0.4, -0.2) is 28.5 Å². The van der Waals surface area contributed by atoms with E-state index in [4.69, 9.17) is 4.74 Å². The van der Waals surface area contributed by atoms with Crippen LogP contribution in [0, 0.1) is 17.8 Å². The molecular weight excluding hydrogens is 206 g/mol. The third-order valence-corrected chi connectivity index (χ3v) is 3.87. The Morgan fingerprint density at radius 1 is 1.31 bits per heavy atom. The van der Waals surface area contributed by atoms with Crippen LogP contribution in [0.5, 0.6) is 0 Å². The van der Waals surface area contributed by atoms with Crippen LogP contribution in [0.4, 0.5) is 4.79 Å². The summed E-state index contributed by atoms with van der Waals surface area (Å²) < 4.78 is 5.28. The van der Waals surface area contributed by atoms with Gasteiger partial charge in [-0.1, -0.05) is 0 Å². The number of imide groups is 1. The van der Waals surface area contributed by atoms with Crippen molar-refractivity contribution in [3.8, 4) is 0 Å². The number of nitrogens with zero attached hydrogens (tertiary/aromatic N) is 1. The molecule has 0 aromatic carbocycles. The molecule has 2 amide bonds. The Balaban J connectivity index is 1.76. The maximum Gasteiger partial charge on any atom is 0.417 e. The van der Waals surface area contributed by atoms with Crippen LogP contribution in [0.3, 0.4) is 0 Å². The average molecular weight is 223 g/mol. The van der Waals surface area contributed by atoms with Crippen molar-refractivity contribution < 1.29 is 14.3 Å². The van der Waals surface area contributed by atoms with Crippen molar-refractivity contribution in [2.24, 2.45) is 17.8 Å². The molecule has 16 heavy (non-hydrogen) atoms. The van der Waals surface area contributed by atoms with Gasteiger partial charge in [-0.25, -0.2) is 9.69 Å². The molecule has 4 heteroatoms. The lowest BCUT2D eigenvalue weighted by Crippen LogP contribution is -2.45. The van der Waals surface area contributed by atoms with Crippen molar-refractivity contribution >= 4 is 12.0 Å². The van der Waals surface area contributed by atoms with E-state index < -0.39 is 11.7 Å². The van der Waals surface area contributed by atoms with Crippen LogP contribution in [0.15, 0.2) is 0 Å². The lowest BCUT2D eigenvalue weighted by Gasteiger charge is -2.28. The van der Waals surface area contributed by atoms with Gasteiger partial charge in [-0.15, -0.1) is 0 Å². The molecule has 0 spiro atoms. The number of likely N-dealkylation sites (tertiary alicyclic amines) is 1. The third-order valence-electron chi connectivity index (χ3n) is 3.87. The van der Waals surface area contributed by atoms with Gasteiger partial charge in [0.25, 0.3) is 0 Å². The standard InChI is InChI=1S/C12H17NO3/c1-12(2,3)16-11(15)13-9-5-8(10(13)14)6-4-7(6)9/h6-9H,4-5H2,1-3H3. The summed E-state index contributed by atoms with van der Waals surface area (Å²) in [6, 6.07) is 0.136. The number of carbonyl (C=O) groups excluding carboxylic acids is 2. The Bertz CT molecular complexity index is 371. The van der Waals surface area contributed by atoms with Crippen molar-refractivity contribution in [3.05, 3.63) is 0 Å². The smallest absolute Gasteiger partial charge is 0.417 e. The van der Waals surface area contributed by atoms with Crippen LogP contribution >= 0.6 is 0 Å². The van der Waals surface area contributed by atoms with E-state index in [1.165, 1.54) is 4.90 Å². The molecule has 2 bridgehead atoms. The Morgan fingerprint density at radius 2 is 2.00 bits per heavy atom. The minimum atomic E-state index is -0.526. The van der Waals surface area contributed by atoms with Crippen LogP contribution in [0.25, 0.3) is 0 Å². The highest BCUT2D eigenvalue weighted by atomic mass is 16.6. The van der Waals surface area contributed by atoms with Gasteiger partial charge in [-0.05, 0) is 45.4 Å². The van der Waals surface area contributed by atoms with E-state index in [-0.39, 0.29) is 17.9 Å². The van der Waals surface area contributed by atoms with Crippen LogP contribution < -0.4 is 0 Å². The van der Waals surface area contributed by atoms with Gasteiger partial charge >= 0.3 is 6.09 Å². The fourth-order valence-corrected chi connectivity index (χ4v) is 3.21. The molecule has 0 N–H and O–H groups in total. The normalized spacial score (nSPS) is 39.9. The highest BCUT2D eigenvalue weighted by molar-refractivity contribution is 5.97. The molecule has 88 valence electrons. The number of carbonyl (C=O) groups is 2. The zero-order valence-electron chi connectivity index (χ0n) is 9.90. The lowest BCUT2D eigenvalue weighted by atomic mass is 10.1. The van der Waals surface area contributed by atoms with E-state index in [0.717, 1.165) is 12.8 Å². The predicted molar refractivity (Wildman–Crippen MR) is 56.6 cm³/mol. The first-order valence-corrected chi connectivity index (χ1v) is 5.94. The van der Waals surface area contributed by atoms with Crippen LogP contribution in [0.2, 0.25) is 0 Å². The maximum absolute atomic E-state index is 12.0. The van der Waals surface area contributed by atoms with Crippen molar-refractivity contribution in [3.63, 3.8) is 0 Å². The zero-order chi connectivity index (χ0) is 11.7. The molecule has 0 aromatic heterocycles. The Hall–Kier alpha value is -1.06. The van der Waals surface area contributed by atoms with Crippen molar-refractivity contribution in [2.75, 3.05) is 0 Å². The molecule has 3 aliphatic rings. The minimum Gasteiger partial charge on any atom is -0.443 e. The van der Waals surface area contributed by atoms with Gasteiger partial charge in [0.15, 0.2) is 0 Å². The van der Waals surface area contributed by atoms with Gasteiger partial charge in [0.1, 0.15) is 5.60 Å². The van der Waals surface area contributed by atoms with Crippen molar-refractivity contribution in [2.45, 2.75) is 45.3 Å². The van der Waals surface area contributed by atoms with E-state index in [9.17, 15) is 9.59 Å². The second-order valence-electron chi connectivity index (χ2n) is 6.16. The summed E-state index contributed by atoms with van der Waals surface area (Å²) in [5.41, 5.74) is -0.526. The van der Waals surface area contributed by atoms with E-state index >= 15 is 0 Å². The lowest BCUT2D eigenvalue weighted by molar-refractivity contribution is -0.133. The quantitative estimate of drug-likeness (QED) is 0.629. The Morgan fingerprint density at radius 3 is 2.56 bits per heavy atom. The summed E-state index contributed by atoms with van der Waals surface area (Å²) in [4.78, 5) is 25.2. The SMILES string of the molecule is CC(C)(C)OC(=O)N1C(=O)C2CC1C1CC21. The summed E-state index contributed by atoms with van der Waals surface area (Å²) >= 11 is 0.